The highest BCUT2D eigenvalue weighted by Gasteiger charge is 2.12. The molecule has 0 saturated carbocycles. The minimum Gasteiger partial charge on any atom is -0.394 e. The van der Waals surface area contributed by atoms with Crippen molar-refractivity contribution >= 4 is 15.9 Å². The van der Waals surface area contributed by atoms with Crippen LogP contribution < -0.4 is 5.73 Å². The van der Waals surface area contributed by atoms with Gasteiger partial charge in [-0.15, -0.1) is 0 Å². The van der Waals surface area contributed by atoms with E-state index in [1.165, 1.54) is 12.3 Å². The van der Waals surface area contributed by atoms with Gasteiger partial charge in [-0.3, -0.25) is 0 Å². The van der Waals surface area contributed by atoms with Crippen LogP contribution in [0.4, 0.5) is 4.39 Å². The average molecular weight is 300 g/mol. The number of nitrogens with two attached hydrogens (primary N) is 1. The third kappa shape index (κ3) is 2.54. The van der Waals surface area contributed by atoms with Gasteiger partial charge in [-0.1, -0.05) is 15.9 Å². The fraction of sp³-hybridized carbons (Fsp3) is 0.182. The maximum absolute atomic E-state index is 13.6. The van der Waals surface area contributed by atoms with E-state index < -0.39 is 6.04 Å². The van der Waals surface area contributed by atoms with Gasteiger partial charge < -0.3 is 15.8 Å². The first-order valence-corrected chi connectivity index (χ1v) is 5.78. The smallest absolute Gasteiger partial charge is 0.132 e. The Kier molecular flexibility index (Phi) is 3.56. The lowest BCUT2D eigenvalue weighted by Gasteiger charge is -2.04. The van der Waals surface area contributed by atoms with Crippen molar-refractivity contribution in [2.75, 3.05) is 6.61 Å². The molecule has 0 radical (unpaired) electrons. The predicted octanol–water partition coefficient (Wildman–Crippen LogP) is 1.97. The average Bonchev–Trinajstić information content (AvgIpc) is 2.80. The van der Waals surface area contributed by atoms with Crippen molar-refractivity contribution in [2.45, 2.75) is 6.04 Å². The molecule has 17 heavy (non-hydrogen) atoms. The van der Waals surface area contributed by atoms with Crippen LogP contribution in [0.5, 0.6) is 0 Å². The van der Waals surface area contributed by atoms with Gasteiger partial charge in [0.1, 0.15) is 11.6 Å². The molecule has 4 nitrogen and oxygen atoms in total. The highest BCUT2D eigenvalue weighted by Crippen LogP contribution is 2.25. The van der Waals surface area contributed by atoms with E-state index >= 15 is 0 Å². The molecule has 2 aromatic rings. The van der Waals surface area contributed by atoms with Crippen LogP contribution >= 0.6 is 15.9 Å². The number of rotatable bonds is 3. The highest BCUT2D eigenvalue weighted by molar-refractivity contribution is 9.10. The summed E-state index contributed by atoms with van der Waals surface area (Å²) in [6.45, 7) is -0.214. The second-order valence-electron chi connectivity index (χ2n) is 3.60. The van der Waals surface area contributed by atoms with Crippen LogP contribution in [0.15, 0.2) is 28.9 Å². The summed E-state index contributed by atoms with van der Waals surface area (Å²) < 4.78 is 14.4. The number of nitrogens with one attached hydrogen (secondary N) is 1. The SMILES string of the molecule is NC(CO)c1ncc(-c2cc(Br)ccc2F)[nH]1. The standard InChI is InChI=1S/C11H11BrFN3O/c12-6-1-2-8(13)7(3-6)10-4-15-11(16-10)9(14)5-17/h1-4,9,17H,5,14H2,(H,15,16). The van der Waals surface area contributed by atoms with Crippen molar-refractivity contribution in [1.29, 1.82) is 0 Å². The molecule has 0 spiro atoms. The summed E-state index contributed by atoms with van der Waals surface area (Å²) >= 11 is 3.28. The van der Waals surface area contributed by atoms with E-state index in [-0.39, 0.29) is 12.4 Å². The first-order valence-electron chi connectivity index (χ1n) is 4.98. The fourth-order valence-corrected chi connectivity index (χ4v) is 1.81. The van der Waals surface area contributed by atoms with Gasteiger partial charge in [-0.05, 0) is 18.2 Å². The van der Waals surface area contributed by atoms with Gasteiger partial charge in [-0.2, -0.15) is 0 Å². The van der Waals surface area contributed by atoms with Crippen molar-refractivity contribution in [3.8, 4) is 11.3 Å². The van der Waals surface area contributed by atoms with Crippen LogP contribution in [0.2, 0.25) is 0 Å². The molecule has 1 unspecified atom stereocenters. The van der Waals surface area contributed by atoms with Crippen LogP contribution in [0.1, 0.15) is 11.9 Å². The second kappa shape index (κ2) is 4.95. The monoisotopic (exact) mass is 299 g/mol. The number of halogens is 2. The van der Waals surface area contributed by atoms with E-state index in [9.17, 15) is 4.39 Å². The molecule has 0 amide bonds. The van der Waals surface area contributed by atoms with Crippen LogP contribution in [0.25, 0.3) is 11.3 Å². The number of aromatic nitrogens is 2. The van der Waals surface area contributed by atoms with Crippen molar-refractivity contribution in [2.24, 2.45) is 5.73 Å². The molecule has 0 saturated heterocycles. The molecule has 90 valence electrons. The van der Waals surface area contributed by atoms with Gasteiger partial charge >= 0.3 is 0 Å². The molecule has 2 rings (SSSR count). The summed E-state index contributed by atoms with van der Waals surface area (Å²) in [5, 5.41) is 8.90. The first-order chi connectivity index (χ1) is 8.11. The molecule has 1 aromatic heterocycles. The van der Waals surface area contributed by atoms with E-state index in [0.29, 0.717) is 17.1 Å². The third-order valence-electron chi connectivity index (χ3n) is 2.36. The second-order valence-corrected chi connectivity index (χ2v) is 4.51. The Labute approximate surface area is 106 Å². The Morgan fingerprint density at radius 1 is 1.53 bits per heavy atom. The Bertz CT molecular complexity index is 529. The Morgan fingerprint density at radius 2 is 2.29 bits per heavy atom. The van der Waals surface area contributed by atoms with E-state index in [0.717, 1.165) is 4.47 Å². The van der Waals surface area contributed by atoms with Gasteiger partial charge in [0.25, 0.3) is 0 Å². The highest BCUT2D eigenvalue weighted by atomic mass is 79.9. The Balaban J connectivity index is 2.40. The summed E-state index contributed by atoms with van der Waals surface area (Å²) in [7, 11) is 0. The molecule has 0 bridgehead atoms. The molecule has 0 aliphatic heterocycles. The van der Waals surface area contributed by atoms with E-state index in [4.69, 9.17) is 10.8 Å². The third-order valence-corrected chi connectivity index (χ3v) is 2.86. The maximum Gasteiger partial charge on any atom is 0.132 e. The first kappa shape index (κ1) is 12.2. The van der Waals surface area contributed by atoms with Crippen LogP contribution in [-0.4, -0.2) is 21.7 Å². The van der Waals surface area contributed by atoms with Crippen molar-refractivity contribution in [1.82, 2.24) is 9.97 Å². The lowest BCUT2D eigenvalue weighted by Crippen LogP contribution is -2.15. The summed E-state index contributed by atoms with van der Waals surface area (Å²) in [4.78, 5) is 6.90. The number of benzene rings is 1. The number of hydrogen-bond donors (Lipinski definition) is 3. The number of H-pyrrole nitrogens is 1. The molecular weight excluding hydrogens is 289 g/mol. The summed E-state index contributed by atoms with van der Waals surface area (Å²) in [5.41, 5.74) is 6.54. The quantitative estimate of drug-likeness (QED) is 0.811. The lowest BCUT2D eigenvalue weighted by atomic mass is 10.1. The van der Waals surface area contributed by atoms with E-state index in [2.05, 4.69) is 25.9 Å². The molecule has 0 aliphatic rings. The Morgan fingerprint density at radius 3 is 3.00 bits per heavy atom. The van der Waals surface area contributed by atoms with Gasteiger partial charge in [0.05, 0.1) is 24.5 Å². The molecule has 6 heteroatoms. The molecule has 1 atom stereocenters. The minimum atomic E-state index is -0.584. The van der Waals surface area contributed by atoms with Gasteiger partial charge in [-0.25, -0.2) is 9.37 Å². The largest absolute Gasteiger partial charge is 0.394 e. The number of imidazole rings is 1. The number of hydrogen-bond acceptors (Lipinski definition) is 3. The van der Waals surface area contributed by atoms with E-state index in [1.807, 2.05) is 0 Å². The topological polar surface area (TPSA) is 74.9 Å². The number of aliphatic hydroxyl groups excluding tert-OH is 1. The molecule has 1 heterocycles. The van der Waals surface area contributed by atoms with Gasteiger partial charge in [0.2, 0.25) is 0 Å². The molecule has 0 fully saturated rings. The zero-order chi connectivity index (χ0) is 12.4. The maximum atomic E-state index is 13.6. The fourth-order valence-electron chi connectivity index (χ4n) is 1.45. The number of aliphatic hydroxyl groups is 1. The number of aromatic amines is 1. The summed E-state index contributed by atoms with van der Waals surface area (Å²) in [5.74, 6) is 0.0860. The normalized spacial score (nSPS) is 12.7. The molecular formula is C11H11BrFN3O. The van der Waals surface area contributed by atoms with Crippen molar-refractivity contribution in [3.05, 3.63) is 40.5 Å². The minimum absolute atomic E-state index is 0.214. The van der Waals surface area contributed by atoms with Crippen molar-refractivity contribution < 1.29 is 9.50 Å². The Hall–Kier alpha value is -1.24. The molecule has 0 aliphatic carbocycles. The predicted molar refractivity (Wildman–Crippen MR) is 65.7 cm³/mol. The molecule has 4 N–H and O–H groups in total. The summed E-state index contributed by atoms with van der Waals surface area (Å²) in [6, 6.07) is 4.05. The zero-order valence-corrected chi connectivity index (χ0v) is 10.4. The van der Waals surface area contributed by atoms with Gasteiger partial charge in [0.15, 0.2) is 0 Å². The number of nitrogens with zero attached hydrogens (tertiary/aromatic N) is 1. The van der Waals surface area contributed by atoms with Gasteiger partial charge in [0, 0.05) is 10.0 Å². The van der Waals surface area contributed by atoms with Crippen LogP contribution in [0.3, 0.4) is 0 Å². The van der Waals surface area contributed by atoms with E-state index in [1.54, 1.807) is 12.1 Å². The zero-order valence-electron chi connectivity index (χ0n) is 8.82. The van der Waals surface area contributed by atoms with Crippen LogP contribution in [-0.2, 0) is 0 Å². The van der Waals surface area contributed by atoms with Crippen LogP contribution in [0, 0.1) is 5.82 Å². The molecule has 1 aromatic carbocycles. The summed E-state index contributed by atoms with van der Waals surface area (Å²) in [6.07, 6.45) is 1.50. The lowest BCUT2D eigenvalue weighted by molar-refractivity contribution is 0.264. The van der Waals surface area contributed by atoms with Crippen molar-refractivity contribution in [3.63, 3.8) is 0 Å².